The van der Waals surface area contributed by atoms with Gasteiger partial charge in [0.15, 0.2) is 0 Å². The van der Waals surface area contributed by atoms with E-state index in [0.717, 1.165) is 87.3 Å². The van der Waals surface area contributed by atoms with Gasteiger partial charge < -0.3 is 34.3 Å². The summed E-state index contributed by atoms with van der Waals surface area (Å²) in [6.07, 6.45) is 13.6. The van der Waals surface area contributed by atoms with Crippen molar-refractivity contribution in [1.82, 2.24) is 24.6 Å². The highest BCUT2D eigenvalue weighted by Crippen LogP contribution is 2.55. The molecule has 6 aromatic rings. The fraction of sp³-hybridized carbons (Fsp3) is 0.415. The Hall–Kier alpha value is -6.60. The predicted molar refractivity (Wildman–Crippen MR) is 269 cm³/mol. The Morgan fingerprint density at radius 3 is 2.58 bits per heavy atom. The lowest BCUT2D eigenvalue weighted by Gasteiger charge is -2.56. The maximum atomic E-state index is 14.6. The zero-order valence-corrected chi connectivity index (χ0v) is 40.2. The van der Waals surface area contributed by atoms with E-state index in [0.29, 0.717) is 68.0 Å². The molecule has 3 atom stereocenters. The van der Waals surface area contributed by atoms with Crippen LogP contribution in [0.5, 0.6) is 5.88 Å². The number of nitro groups is 1. The van der Waals surface area contributed by atoms with Crippen LogP contribution in [0.1, 0.15) is 73.3 Å². The minimum Gasteiger partial charge on any atom is -0.468 e. The lowest BCUT2D eigenvalue weighted by Crippen LogP contribution is -2.55. The Morgan fingerprint density at radius 2 is 1.76 bits per heavy atom. The maximum absolute atomic E-state index is 14.6. The molecule has 71 heavy (non-hydrogen) atoms. The number of amides is 1. The number of carbonyl (C=O) groups excluding carboxylic acids is 1. The number of nitrogens with one attached hydrogen (secondary N) is 3. The van der Waals surface area contributed by atoms with Crippen molar-refractivity contribution in [3.8, 4) is 17.0 Å². The number of aromatic amines is 1. The summed E-state index contributed by atoms with van der Waals surface area (Å²) in [6, 6.07) is 26.6. The third kappa shape index (κ3) is 8.63. The molecule has 4 saturated heterocycles. The van der Waals surface area contributed by atoms with Gasteiger partial charge >= 0.3 is 0 Å². The number of hydrogen-bond donors (Lipinski definition) is 3. The summed E-state index contributed by atoms with van der Waals surface area (Å²) in [4.78, 5) is 45.5. The molecule has 5 fully saturated rings. The lowest BCUT2D eigenvalue weighted by molar-refractivity contribution is -0.384. The SMILES string of the molecule is O=C(NS(=O)(=O)c1ccc(NCC2CCOCC2)c([N+](=O)[O-])c1)c1ccc(N2CCC3(CC2)CC(N2CCC[C@H]2c2ccccc2-c2cccnc2)C3)cc1N1c2cc3cc[nH]c3nc2O[C@@H]2COC[C@H]21. The standard InChI is InChI=1S/C53H57N9O8S/c63-51(58-71(66,67)39-10-12-43(46(27-39)62(64)65)56-30-34-14-23-68-24-15-34)42-11-9-37(26-45(42)61-47-25-35-13-19-55-50(35)57-52(47)70-49-33-69-32-48(49)61)59-21-16-53(17-22-59)28-38(29-53)60-20-4-8-44(60)41-7-2-1-6-40(41)36-5-3-18-54-31-36/h1-3,5-7,9-13,18-19,25-27,31,34,38,44,48-49,56H,4,8,14-17,20-24,28-30,32-33H2,(H,55,57)(H,58,63)/t44-,48+,49+/m0/s1. The van der Waals surface area contributed by atoms with E-state index in [9.17, 15) is 23.3 Å². The van der Waals surface area contributed by atoms with E-state index in [4.69, 9.17) is 19.2 Å². The molecule has 1 spiro atoms. The molecule has 8 heterocycles. The fourth-order valence-electron chi connectivity index (χ4n) is 12.2. The van der Waals surface area contributed by atoms with Crippen LogP contribution in [0.15, 0.2) is 108 Å². The number of hydrogen-bond acceptors (Lipinski definition) is 14. The average molecular weight is 980 g/mol. The van der Waals surface area contributed by atoms with Gasteiger partial charge in [-0.2, -0.15) is 4.98 Å². The van der Waals surface area contributed by atoms with Gasteiger partial charge in [0.05, 0.1) is 40.3 Å². The highest BCUT2D eigenvalue weighted by atomic mass is 32.2. The van der Waals surface area contributed by atoms with Gasteiger partial charge in [-0.1, -0.05) is 30.3 Å². The van der Waals surface area contributed by atoms with Crippen molar-refractivity contribution in [3.05, 3.63) is 125 Å². The highest BCUT2D eigenvalue weighted by Gasteiger charge is 2.50. The van der Waals surface area contributed by atoms with E-state index in [1.165, 1.54) is 29.7 Å². The summed E-state index contributed by atoms with van der Waals surface area (Å²) < 4.78 is 48.3. The third-order valence-corrected chi connectivity index (χ3v) is 17.4. The summed E-state index contributed by atoms with van der Waals surface area (Å²) in [6.45, 7) is 5.12. The number of nitrogens with zero attached hydrogens (tertiary/aromatic N) is 6. The predicted octanol–water partition coefficient (Wildman–Crippen LogP) is 8.37. The number of rotatable bonds is 12. The summed E-state index contributed by atoms with van der Waals surface area (Å²) in [5, 5.41) is 16.3. The van der Waals surface area contributed by atoms with E-state index in [1.54, 1.807) is 12.3 Å². The van der Waals surface area contributed by atoms with E-state index in [2.05, 4.69) is 60.1 Å². The first kappa shape index (κ1) is 45.5. The first-order valence-corrected chi connectivity index (χ1v) is 26.4. The van der Waals surface area contributed by atoms with Crippen LogP contribution < -0.4 is 24.6 Å². The molecule has 17 nitrogen and oxygen atoms in total. The Bertz CT molecular complexity index is 3090. The number of piperidine rings is 1. The summed E-state index contributed by atoms with van der Waals surface area (Å²) in [7, 11) is -4.60. The Balaban J connectivity index is 0.809. The molecule has 1 aliphatic carbocycles. The molecule has 18 heteroatoms. The molecule has 0 bridgehead atoms. The molecule has 3 N–H and O–H groups in total. The minimum absolute atomic E-state index is 0.106. The molecule has 1 amide bonds. The van der Waals surface area contributed by atoms with Crippen molar-refractivity contribution in [2.45, 2.75) is 80.5 Å². The Labute approximate surface area is 412 Å². The molecular weight excluding hydrogens is 923 g/mol. The summed E-state index contributed by atoms with van der Waals surface area (Å²) in [5.41, 5.74) is 6.63. The Morgan fingerprint density at radius 1 is 0.915 bits per heavy atom. The van der Waals surface area contributed by atoms with Gasteiger partial charge in [0, 0.05) is 86.2 Å². The normalized spacial score (nSPS) is 22.5. The summed E-state index contributed by atoms with van der Waals surface area (Å²) in [5.74, 6) is -0.240. The number of pyridine rings is 2. The Kier molecular flexibility index (Phi) is 11.9. The zero-order chi connectivity index (χ0) is 48.3. The fourth-order valence-corrected chi connectivity index (χ4v) is 13.2. The number of carbonyl (C=O) groups is 1. The van der Waals surface area contributed by atoms with Crippen LogP contribution in [0.25, 0.3) is 22.2 Å². The van der Waals surface area contributed by atoms with Crippen molar-refractivity contribution in [2.24, 2.45) is 11.3 Å². The number of benzene rings is 3. The van der Waals surface area contributed by atoms with E-state index >= 15 is 0 Å². The first-order chi connectivity index (χ1) is 34.6. The number of fused-ring (bicyclic) bond motifs is 3. The van der Waals surface area contributed by atoms with Crippen LogP contribution >= 0.6 is 0 Å². The first-order valence-electron chi connectivity index (χ1n) is 24.9. The zero-order valence-electron chi connectivity index (χ0n) is 39.4. The van der Waals surface area contributed by atoms with Crippen molar-refractivity contribution in [1.29, 1.82) is 0 Å². The molecule has 5 aliphatic heterocycles. The highest BCUT2D eigenvalue weighted by molar-refractivity contribution is 7.90. The van der Waals surface area contributed by atoms with Crippen LogP contribution in [0.2, 0.25) is 0 Å². The number of H-pyrrole nitrogens is 1. The van der Waals surface area contributed by atoms with Gasteiger partial charge in [0.1, 0.15) is 23.1 Å². The molecule has 0 unspecified atom stereocenters. The molecule has 0 radical (unpaired) electrons. The number of sulfonamides is 1. The van der Waals surface area contributed by atoms with E-state index in [-0.39, 0.29) is 28.6 Å². The second kappa shape index (κ2) is 18.5. The molecule has 3 aromatic heterocycles. The number of nitro benzene ring substituents is 1. The number of likely N-dealkylation sites (tertiary alicyclic amines) is 1. The second-order valence-corrected chi connectivity index (χ2v) is 21.8. The molecule has 6 aliphatic rings. The molecular formula is C53H57N9O8S. The second-order valence-electron chi connectivity index (χ2n) is 20.1. The van der Waals surface area contributed by atoms with Crippen molar-refractivity contribution >= 4 is 55.4 Å². The van der Waals surface area contributed by atoms with Crippen LogP contribution in [-0.2, 0) is 19.5 Å². The van der Waals surface area contributed by atoms with Gasteiger partial charge in [0.25, 0.3) is 21.6 Å². The van der Waals surface area contributed by atoms with Crippen molar-refractivity contribution < 1.29 is 32.3 Å². The maximum Gasteiger partial charge on any atom is 0.293 e. The van der Waals surface area contributed by atoms with Gasteiger partial charge in [-0.15, -0.1) is 0 Å². The van der Waals surface area contributed by atoms with Crippen LogP contribution in [0, 0.1) is 21.4 Å². The number of aromatic nitrogens is 3. The third-order valence-electron chi connectivity index (χ3n) is 16.0. The van der Waals surface area contributed by atoms with Crippen molar-refractivity contribution in [2.75, 3.05) is 67.7 Å². The molecule has 368 valence electrons. The summed E-state index contributed by atoms with van der Waals surface area (Å²) >= 11 is 0. The van der Waals surface area contributed by atoms with Gasteiger partial charge in [-0.25, -0.2) is 13.1 Å². The quantitative estimate of drug-likeness (QED) is 0.0781. The topological polar surface area (TPSA) is 197 Å². The molecule has 12 rings (SSSR count). The monoisotopic (exact) mass is 979 g/mol. The lowest BCUT2D eigenvalue weighted by atomic mass is 9.59. The van der Waals surface area contributed by atoms with Gasteiger partial charge in [-0.05, 0) is 129 Å². The largest absolute Gasteiger partial charge is 0.468 e. The van der Waals surface area contributed by atoms with E-state index in [1.807, 2.05) is 47.6 Å². The van der Waals surface area contributed by atoms with Crippen molar-refractivity contribution in [3.63, 3.8) is 0 Å². The minimum atomic E-state index is -4.60. The van der Waals surface area contributed by atoms with Crippen LogP contribution in [-0.4, -0.2) is 110 Å². The van der Waals surface area contributed by atoms with Crippen LogP contribution in [0.4, 0.5) is 28.4 Å². The van der Waals surface area contributed by atoms with Gasteiger partial charge in [0.2, 0.25) is 5.88 Å². The smallest absolute Gasteiger partial charge is 0.293 e. The molecule has 1 saturated carbocycles. The average Bonchev–Trinajstić information content (AvgIpc) is 4.18. The number of ether oxygens (including phenoxy) is 3. The van der Waals surface area contributed by atoms with E-state index < -0.39 is 37.5 Å². The molecule has 3 aromatic carbocycles. The number of anilines is 4. The van der Waals surface area contributed by atoms with Crippen LogP contribution in [0.3, 0.4) is 0 Å². The van der Waals surface area contributed by atoms with Gasteiger partial charge in [-0.3, -0.25) is 24.8 Å².